The lowest BCUT2D eigenvalue weighted by Gasteiger charge is -2.03. The molecule has 1 rings (SSSR count). The smallest absolute Gasteiger partial charge is 0.305 e. The maximum atomic E-state index is 10.8. The summed E-state index contributed by atoms with van der Waals surface area (Å²) in [6.07, 6.45) is 4.24. The van der Waals surface area contributed by atoms with Crippen LogP contribution in [-0.4, -0.2) is 23.3 Å². The lowest BCUT2D eigenvalue weighted by atomic mass is 10.1. The number of ether oxygens (including phenoxy) is 1. The first-order valence-electron chi connectivity index (χ1n) is 5.30. The van der Waals surface area contributed by atoms with Gasteiger partial charge in [-0.2, -0.15) is 0 Å². The average Bonchev–Trinajstić information content (AvgIpc) is 2.30. The zero-order valence-electron chi connectivity index (χ0n) is 9.93. The highest BCUT2D eigenvalue weighted by molar-refractivity contribution is 5.69. The van der Waals surface area contributed by atoms with E-state index in [4.69, 9.17) is 0 Å². The number of aryl methyl sites for hydroxylation is 1. The molecule has 0 aliphatic heterocycles. The molecule has 4 heteroatoms. The Morgan fingerprint density at radius 2 is 2.06 bits per heavy atom. The van der Waals surface area contributed by atoms with Crippen molar-refractivity contribution < 1.29 is 19.7 Å². The number of phenols is 2. The van der Waals surface area contributed by atoms with Gasteiger partial charge in [0.2, 0.25) is 0 Å². The molecule has 1 aromatic carbocycles. The van der Waals surface area contributed by atoms with Crippen LogP contribution in [0.5, 0.6) is 11.5 Å². The number of hydrogen-bond acceptors (Lipinski definition) is 4. The Kier molecular flexibility index (Phi) is 4.57. The maximum absolute atomic E-state index is 10.8. The Morgan fingerprint density at radius 3 is 2.71 bits per heavy atom. The third-order valence-corrected chi connectivity index (χ3v) is 2.39. The minimum Gasteiger partial charge on any atom is -0.508 e. The summed E-state index contributed by atoms with van der Waals surface area (Å²) in [6, 6.07) is 2.98. The normalized spacial score (nSPS) is 10.7. The Bertz CT molecular complexity index is 435. The van der Waals surface area contributed by atoms with E-state index in [0.717, 1.165) is 0 Å². The molecule has 1 aromatic rings. The maximum Gasteiger partial charge on any atom is 0.305 e. The highest BCUT2D eigenvalue weighted by Crippen LogP contribution is 2.27. The predicted molar refractivity (Wildman–Crippen MR) is 64.8 cm³/mol. The standard InChI is InChI=1S/C13H16O4/c1-9-7-12(15)10(8-11(9)14)5-3-4-6-13(16)17-2/h3,5,7-8,14-15H,4,6H2,1-2H3. The molecule has 0 aliphatic carbocycles. The minimum absolute atomic E-state index is 0.106. The van der Waals surface area contributed by atoms with Gasteiger partial charge in [-0.1, -0.05) is 12.2 Å². The lowest BCUT2D eigenvalue weighted by Crippen LogP contribution is -1.97. The van der Waals surface area contributed by atoms with Crippen molar-refractivity contribution in [1.29, 1.82) is 0 Å². The summed E-state index contributed by atoms with van der Waals surface area (Å²) in [4.78, 5) is 10.8. The van der Waals surface area contributed by atoms with Crippen LogP contribution in [0.4, 0.5) is 0 Å². The molecule has 0 saturated heterocycles. The number of carbonyl (C=O) groups is 1. The van der Waals surface area contributed by atoms with E-state index < -0.39 is 0 Å². The van der Waals surface area contributed by atoms with Gasteiger partial charge in [-0.15, -0.1) is 0 Å². The van der Waals surface area contributed by atoms with Gasteiger partial charge in [0.1, 0.15) is 11.5 Å². The third-order valence-electron chi connectivity index (χ3n) is 2.39. The predicted octanol–water partition coefficient (Wildman–Crippen LogP) is 2.37. The van der Waals surface area contributed by atoms with Crippen LogP contribution in [-0.2, 0) is 9.53 Å². The van der Waals surface area contributed by atoms with Crippen molar-refractivity contribution in [1.82, 2.24) is 0 Å². The molecule has 0 fully saturated rings. The first kappa shape index (κ1) is 13.1. The summed E-state index contributed by atoms with van der Waals surface area (Å²) < 4.78 is 4.50. The van der Waals surface area contributed by atoms with Crippen LogP contribution in [0.1, 0.15) is 24.0 Å². The van der Waals surface area contributed by atoms with Crippen LogP contribution in [0.3, 0.4) is 0 Å². The fraction of sp³-hybridized carbons (Fsp3) is 0.308. The van der Waals surface area contributed by atoms with Crippen LogP contribution in [0.25, 0.3) is 6.08 Å². The number of methoxy groups -OCH3 is 1. The van der Waals surface area contributed by atoms with E-state index in [0.29, 0.717) is 24.0 Å². The van der Waals surface area contributed by atoms with Crippen molar-refractivity contribution in [2.45, 2.75) is 19.8 Å². The summed E-state index contributed by atoms with van der Waals surface area (Å²) in [6.45, 7) is 1.71. The number of carbonyl (C=O) groups excluding carboxylic acids is 1. The van der Waals surface area contributed by atoms with Gasteiger partial charge in [0, 0.05) is 12.0 Å². The largest absolute Gasteiger partial charge is 0.508 e. The quantitative estimate of drug-likeness (QED) is 0.622. The van der Waals surface area contributed by atoms with E-state index >= 15 is 0 Å². The molecule has 0 spiro atoms. The van der Waals surface area contributed by atoms with E-state index in [1.54, 1.807) is 19.1 Å². The molecular formula is C13H16O4. The molecule has 0 aliphatic rings. The fourth-order valence-corrected chi connectivity index (χ4v) is 1.34. The molecule has 0 heterocycles. The molecule has 0 saturated carbocycles. The van der Waals surface area contributed by atoms with Crippen molar-refractivity contribution in [2.24, 2.45) is 0 Å². The SMILES string of the molecule is COC(=O)CCC=Cc1cc(O)c(C)cc1O. The third kappa shape index (κ3) is 3.83. The summed E-state index contributed by atoms with van der Waals surface area (Å²) in [5, 5.41) is 19.1. The number of rotatable bonds is 4. The van der Waals surface area contributed by atoms with Gasteiger partial charge in [-0.3, -0.25) is 4.79 Å². The highest BCUT2D eigenvalue weighted by Gasteiger charge is 2.03. The molecule has 0 unspecified atom stereocenters. The summed E-state index contributed by atoms with van der Waals surface area (Å²) in [5.74, 6) is -0.0318. The van der Waals surface area contributed by atoms with Gasteiger partial charge in [0.15, 0.2) is 0 Å². The zero-order valence-corrected chi connectivity index (χ0v) is 9.93. The van der Waals surface area contributed by atoms with Crippen LogP contribution in [0.2, 0.25) is 0 Å². The first-order chi connectivity index (χ1) is 8.04. The zero-order chi connectivity index (χ0) is 12.8. The van der Waals surface area contributed by atoms with E-state index in [1.807, 2.05) is 0 Å². The molecule has 0 bridgehead atoms. The fourth-order valence-electron chi connectivity index (χ4n) is 1.34. The molecule has 92 valence electrons. The molecule has 0 atom stereocenters. The van der Waals surface area contributed by atoms with Gasteiger partial charge in [-0.25, -0.2) is 0 Å². The summed E-state index contributed by atoms with van der Waals surface area (Å²) >= 11 is 0. The van der Waals surface area contributed by atoms with Crippen molar-refractivity contribution in [2.75, 3.05) is 7.11 Å². The van der Waals surface area contributed by atoms with Crippen molar-refractivity contribution in [3.05, 3.63) is 29.3 Å². The van der Waals surface area contributed by atoms with Crippen LogP contribution >= 0.6 is 0 Å². The topological polar surface area (TPSA) is 66.8 Å². The van der Waals surface area contributed by atoms with Gasteiger partial charge in [0.25, 0.3) is 0 Å². The van der Waals surface area contributed by atoms with E-state index in [2.05, 4.69) is 4.74 Å². The van der Waals surface area contributed by atoms with E-state index in [-0.39, 0.29) is 17.5 Å². The minimum atomic E-state index is -0.273. The Balaban J connectivity index is 2.65. The Hall–Kier alpha value is -1.97. The van der Waals surface area contributed by atoms with Gasteiger partial charge < -0.3 is 14.9 Å². The van der Waals surface area contributed by atoms with E-state index in [9.17, 15) is 15.0 Å². The van der Waals surface area contributed by atoms with Crippen LogP contribution < -0.4 is 0 Å². The van der Waals surface area contributed by atoms with Crippen LogP contribution in [0.15, 0.2) is 18.2 Å². The Morgan fingerprint density at radius 1 is 1.35 bits per heavy atom. The molecule has 0 amide bonds. The number of hydrogen-bond donors (Lipinski definition) is 2. The average molecular weight is 236 g/mol. The van der Waals surface area contributed by atoms with Gasteiger partial charge in [0.05, 0.1) is 7.11 Å². The number of esters is 1. The number of phenolic OH excluding ortho intramolecular Hbond substituents is 2. The number of benzene rings is 1. The van der Waals surface area contributed by atoms with Crippen molar-refractivity contribution in [3.63, 3.8) is 0 Å². The monoisotopic (exact) mass is 236 g/mol. The molecule has 17 heavy (non-hydrogen) atoms. The molecule has 2 N–H and O–H groups in total. The second-order valence-corrected chi connectivity index (χ2v) is 3.71. The molecular weight excluding hydrogens is 220 g/mol. The van der Waals surface area contributed by atoms with Crippen molar-refractivity contribution >= 4 is 12.0 Å². The lowest BCUT2D eigenvalue weighted by molar-refractivity contribution is -0.140. The highest BCUT2D eigenvalue weighted by atomic mass is 16.5. The Labute approximate surface area is 100 Å². The molecule has 0 aromatic heterocycles. The second-order valence-electron chi connectivity index (χ2n) is 3.71. The van der Waals surface area contributed by atoms with E-state index in [1.165, 1.54) is 19.2 Å². The van der Waals surface area contributed by atoms with Crippen molar-refractivity contribution in [3.8, 4) is 11.5 Å². The number of allylic oxidation sites excluding steroid dienone is 1. The second kappa shape index (κ2) is 5.94. The van der Waals surface area contributed by atoms with Crippen LogP contribution in [0, 0.1) is 6.92 Å². The summed E-state index contributed by atoms with van der Waals surface area (Å²) in [7, 11) is 1.34. The van der Waals surface area contributed by atoms with Gasteiger partial charge >= 0.3 is 5.97 Å². The van der Waals surface area contributed by atoms with Gasteiger partial charge in [-0.05, 0) is 31.0 Å². The summed E-state index contributed by atoms with van der Waals surface area (Å²) in [5.41, 5.74) is 1.15. The molecule has 4 nitrogen and oxygen atoms in total. The first-order valence-corrected chi connectivity index (χ1v) is 5.30. The molecule has 0 radical (unpaired) electrons. The number of aromatic hydroxyl groups is 2.